The van der Waals surface area contributed by atoms with E-state index in [1.54, 1.807) is 4.57 Å². The summed E-state index contributed by atoms with van der Waals surface area (Å²) in [7, 11) is -9.95. The van der Waals surface area contributed by atoms with Crippen LogP contribution in [-0.2, 0) is 17.8 Å². The zero-order chi connectivity index (χ0) is 30.3. The maximum absolute atomic E-state index is 13.8. The van der Waals surface area contributed by atoms with Gasteiger partial charge in [0.25, 0.3) is 5.56 Å². The van der Waals surface area contributed by atoms with Crippen molar-refractivity contribution in [3.05, 3.63) is 51.2 Å². The van der Waals surface area contributed by atoms with Crippen LogP contribution in [0.2, 0.25) is 5.02 Å². The zero-order valence-electron chi connectivity index (χ0n) is 22.8. The number of carbonyl (C=O) groups excluding carboxylic acids is 1. The third-order valence-electron chi connectivity index (χ3n) is 7.38. The highest BCUT2D eigenvalue weighted by atomic mass is 35.5. The molecule has 2 aliphatic rings. The molecular formula is C26H31ClF5N7O2S. The minimum atomic E-state index is -9.95. The lowest BCUT2D eigenvalue weighted by Crippen LogP contribution is -2.47. The molecule has 16 heteroatoms. The van der Waals surface area contributed by atoms with Gasteiger partial charge in [-0.1, -0.05) is 50.5 Å². The molecule has 2 N–H and O–H groups in total. The first-order valence-corrected chi connectivity index (χ1v) is 16.0. The number of rotatable bonds is 7. The van der Waals surface area contributed by atoms with Crippen LogP contribution in [-0.4, -0.2) is 51.3 Å². The number of benzene rings is 1. The molecule has 1 amide bonds. The van der Waals surface area contributed by atoms with E-state index in [4.69, 9.17) is 11.6 Å². The third-order valence-corrected chi connectivity index (χ3v) is 8.84. The van der Waals surface area contributed by atoms with Crippen LogP contribution in [0.1, 0.15) is 50.5 Å². The number of nitrogens with zero attached hydrogens (tertiary/aromatic N) is 5. The summed E-state index contributed by atoms with van der Waals surface area (Å²) < 4.78 is 68.9. The number of halogens is 6. The van der Waals surface area contributed by atoms with Gasteiger partial charge in [-0.3, -0.25) is 9.59 Å². The Morgan fingerprint density at radius 1 is 1.12 bits per heavy atom. The van der Waals surface area contributed by atoms with Crippen LogP contribution in [0.4, 0.5) is 30.8 Å². The van der Waals surface area contributed by atoms with Gasteiger partial charge in [-0.2, -0.15) is 9.50 Å². The molecule has 3 heterocycles. The third kappa shape index (κ3) is 6.27. The smallest absolute Gasteiger partial charge is 0.310 e. The van der Waals surface area contributed by atoms with Crippen molar-refractivity contribution in [2.75, 3.05) is 36.4 Å². The molecule has 3 aromatic rings. The summed E-state index contributed by atoms with van der Waals surface area (Å²) in [5.74, 6) is -0.160. The highest BCUT2D eigenvalue weighted by Gasteiger charge is 2.65. The Hall–Kier alpha value is -3.17. The molecule has 1 aliphatic heterocycles. The van der Waals surface area contributed by atoms with E-state index in [1.165, 1.54) is 4.52 Å². The first kappa shape index (κ1) is 30.3. The molecule has 5 rings (SSSR count). The second-order valence-corrected chi connectivity index (χ2v) is 13.2. The fraction of sp³-hybridized carbons (Fsp3) is 0.462. The van der Waals surface area contributed by atoms with Gasteiger partial charge in [0.15, 0.2) is 5.82 Å². The molecule has 9 nitrogen and oxygen atoms in total. The maximum atomic E-state index is 13.8. The van der Waals surface area contributed by atoms with E-state index in [0.29, 0.717) is 55.9 Å². The van der Waals surface area contributed by atoms with E-state index >= 15 is 0 Å². The van der Waals surface area contributed by atoms with Gasteiger partial charge in [-0.25, -0.2) is 0 Å². The number of piperazine rings is 1. The second-order valence-electron chi connectivity index (χ2n) is 10.4. The Morgan fingerprint density at radius 2 is 1.86 bits per heavy atom. The SMILES string of the molecule is CCc1c(N2CCNCC2)c(=O)n2nc(C3=CCCCCC3)nc2n1CC(=O)Nc1ccc(S(F)(F)(F)(F)F)cc1Cl. The molecule has 0 spiro atoms. The number of hydrogen-bond donors (Lipinski definition) is 2. The summed E-state index contributed by atoms with van der Waals surface area (Å²) in [5.41, 5.74) is 1.23. The average molecular weight is 636 g/mol. The first-order chi connectivity index (χ1) is 19.7. The molecule has 0 atom stereocenters. The number of allylic oxidation sites excluding steroid dienone is 2. The number of hydrogen-bond acceptors (Lipinski definition) is 6. The van der Waals surface area contributed by atoms with E-state index in [0.717, 1.165) is 37.7 Å². The Morgan fingerprint density at radius 3 is 2.52 bits per heavy atom. The number of amides is 1. The van der Waals surface area contributed by atoms with E-state index < -0.39 is 26.0 Å². The highest BCUT2D eigenvalue weighted by molar-refractivity contribution is 8.45. The largest absolute Gasteiger partial charge is 0.363 e. The number of aromatic nitrogens is 4. The predicted molar refractivity (Wildman–Crippen MR) is 154 cm³/mol. The number of carbonyl (C=O) groups is 1. The Labute approximate surface area is 243 Å². The Balaban J connectivity index is 1.56. The van der Waals surface area contributed by atoms with Gasteiger partial charge < -0.3 is 20.1 Å². The van der Waals surface area contributed by atoms with Crippen LogP contribution in [0, 0.1) is 0 Å². The second kappa shape index (κ2) is 10.5. The zero-order valence-corrected chi connectivity index (χ0v) is 24.4. The van der Waals surface area contributed by atoms with E-state index in [-0.39, 0.29) is 35.7 Å². The number of anilines is 2. The van der Waals surface area contributed by atoms with Crippen LogP contribution in [0.3, 0.4) is 0 Å². The first-order valence-electron chi connectivity index (χ1n) is 13.7. The van der Waals surface area contributed by atoms with E-state index in [1.807, 2.05) is 11.8 Å². The lowest BCUT2D eigenvalue weighted by Gasteiger charge is -2.40. The van der Waals surface area contributed by atoms with Gasteiger partial charge in [0, 0.05) is 26.2 Å². The molecule has 42 heavy (non-hydrogen) atoms. The molecule has 0 radical (unpaired) electrons. The molecule has 1 aromatic carbocycles. The summed E-state index contributed by atoms with van der Waals surface area (Å²) in [6.07, 6.45) is 7.13. The normalized spacial score (nSPS) is 18.3. The lowest BCUT2D eigenvalue weighted by molar-refractivity contribution is -0.116. The van der Waals surface area contributed by atoms with Gasteiger partial charge in [0.05, 0.1) is 16.4 Å². The van der Waals surface area contributed by atoms with Crippen LogP contribution in [0.25, 0.3) is 11.4 Å². The van der Waals surface area contributed by atoms with Gasteiger partial charge in [0.2, 0.25) is 11.7 Å². The Kier molecular flexibility index (Phi) is 7.59. The summed E-state index contributed by atoms with van der Waals surface area (Å²) in [6.45, 7) is 3.88. The molecule has 0 bridgehead atoms. The summed E-state index contributed by atoms with van der Waals surface area (Å²) in [6, 6.07) is 0.975. The van der Waals surface area contributed by atoms with Crippen LogP contribution < -0.4 is 21.1 Å². The topological polar surface area (TPSA) is 96.6 Å². The predicted octanol–water partition coefficient (Wildman–Crippen LogP) is 6.16. The van der Waals surface area contributed by atoms with Crippen molar-refractivity contribution in [1.29, 1.82) is 0 Å². The van der Waals surface area contributed by atoms with Gasteiger partial charge in [-0.05, 0) is 55.9 Å². The van der Waals surface area contributed by atoms with E-state index in [2.05, 4.69) is 26.8 Å². The minimum Gasteiger partial charge on any atom is -0.363 e. The van der Waals surface area contributed by atoms with Crippen molar-refractivity contribution in [1.82, 2.24) is 24.5 Å². The van der Waals surface area contributed by atoms with Gasteiger partial charge in [-0.15, -0.1) is 5.10 Å². The van der Waals surface area contributed by atoms with Crippen molar-refractivity contribution in [3.8, 4) is 0 Å². The standard InChI is InChI=1S/C26H31ClF5N7O2S/c1-2-21-23(37-13-11-33-12-14-37)25(41)39-26(35-24(36-39)17-7-5-3-4-6-8-17)38(21)16-22(40)34-20-10-9-18(15-19(20)27)42(28,29,30,31)32/h7,9-10,15,33H,2-6,8,11-14,16H2,1H3,(H,34,40). The Bertz CT molecular complexity index is 1630. The number of nitrogens with one attached hydrogen (secondary N) is 2. The fourth-order valence-corrected chi connectivity index (χ4v) is 6.30. The van der Waals surface area contributed by atoms with Crippen LogP contribution in [0.15, 0.2) is 34.0 Å². The summed E-state index contributed by atoms with van der Waals surface area (Å²) in [4.78, 5) is 31.5. The molecule has 0 unspecified atom stereocenters. The van der Waals surface area contributed by atoms with Crippen molar-refractivity contribution < 1.29 is 24.2 Å². The van der Waals surface area contributed by atoms with E-state index in [9.17, 15) is 29.0 Å². The van der Waals surface area contributed by atoms with Gasteiger partial charge >= 0.3 is 10.2 Å². The average Bonchev–Trinajstić information content (AvgIpc) is 3.19. The molecular weight excluding hydrogens is 605 g/mol. The van der Waals surface area contributed by atoms with Crippen molar-refractivity contribution >= 4 is 50.5 Å². The summed E-state index contributed by atoms with van der Waals surface area (Å²) in [5, 5.41) is 9.52. The molecule has 230 valence electrons. The monoisotopic (exact) mass is 635 g/mol. The summed E-state index contributed by atoms with van der Waals surface area (Å²) >= 11 is 5.89. The van der Waals surface area contributed by atoms with Crippen LogP contribution in [0.5, 0.6) is 0 Å². The molecule has 0 saturated carbocycles. The molecule has 1 saturated heterocycles. The minimum absolute atomic E-state index is 0.0987. The van der Waals surface area contributed by atoms with Gasteiger partial charge in [0.1, 0.15) is 17.1 Å². The molecule has 2 aromatic heterocycles. The quantitative estimate of drug-likeness (QED) is 0.302. The highest BCUT2D eigenvalue weighted by Crippen LogP contribution is 3.02. The van der Waals surface area contributed by atoms with Crippen LogP contribution >= 0.6 is 21.8 Å². The van der Waals surface area contributed by atoms with Crippen molar-refractivity contribution in [2.45, 2.75) is 56.9 Å². The maximum Gasteiger partial charge on any atom is 0.310 e. The van der Waals surface area contributed by atoms with Crippen molar-refractivity contribution in [2.24, 2.45) is 0 Å². The van der Waals surface area contributed by atoms with Crippen molar-refractivity contribution in [3.63, 3.8) is 0 Å². The molecule has 1 aliphatic carbocycles. The molecule has 1 fully saturated rings. The fourth-order valence-electron chi connectivity index (χ4n) is 5.34. The lowest BCUT2D eigenvalue weighted by atomic mass is 10.1. The number of fused-ring (bicyclic) bond motifs is 1.